The predicted molar refractivity (Wildman–Crippen MR) is 110 cm³/mol. The van der Waals surface area contributed by atoms with Crippen molar-refractivity contribution in [3.63, 3.8) is 0 Å². The van der Waals surface area contributed by atoms with E-state index in [9.17, 15) is 9.59 Å². The van der Waals surface area contributed by atoms with Crippen molar-refractivity contribution in [1.82, 2.24) is 9.80 Å². The van der Waals surface area contributed by atoms with Gasteiger partial charge in [-0.2, -0.15) is 0 Å². The zero-order valence-electron chi connectivity index (χ0n) is 16.3. The zero-order valence-corrected chi connectivity index (χ0v) is 17.0. The molecule has 0 atom stereocenters. The number of ether oxygens (including phenoxy) is 2. The van der Waals surface area contributed by atoms with E-state index in [1.165, 1.54) is 7.11 Å². The van der Waals surface area contributed by atoms with E-state index in [2.05, 4.69) is 11.0 Å². The topological polar surface area (TPSA) is 85.1 Å². The highest BCUT2D eigenvalue weighted by molar-refractivity contribution is 6.30. The average Bonchev–Trinajstić information content (AvgIpc) is 2.72. The van der Waals surface area contributed by atoms with Crippen molar-refractivity contribution in [2.24, 2.45) is 5.73 Å². The van der Waals surface area contributed by atoms with E-state index in [0.29, 0.717) is 30.2 Å². The molecule has 7 nitrogen and oxygen atoms in total. The number of carbonyl (C=O) groups is 2. The minimum absolute atomic E-state index is 0.0628. The molecule has 1 saturated heterocycles. The SMILES string of the molecule is COc1cc(C(=O)N2CCN(Cc3cccc(Cl)c3)CC2)ccc1OCC(N)=O. The van der Waals surface area contributed by atoms with Crippen molar-refractivity contribution in [1.29, 1.82) is 0 Å². The summed E-state index contributed by atoms with van der Waals surface area (Å²) in [5, 5.41) is 0.730. The number of piperazine rings is 1. The van der Waals surface area contributed by atoms with Crippen LogP contribution in [0.4, 0.5) is 0 Å². The maximum Gasteiger partial charge on any atom is 0.255 e. The van der Waals surface area contributed by atoms with E-state index in [4.69, 9.17) is 26.8 Å². The van der Waals surface area contributed by atoms with Gasteiger partial charge < -0.3 is 20.1 Å². The molecule has 2 aromatic rings. The van der Waals surface area contributed by atoms with Crippen LogP contribution >= 0.6 is 11.6 Å². The van der Waals surface area contributed by atoms with Gasteiger partial charge in [-0.3, -0.25) is 14.5 Å². The molecular weight excluding hydrogens is 394 g/mol. The molecule has 1 aliphatic rings. The summed E-state index contributed by atoms with van der Waals surface area (Å²) in [6, 6.07) is 12.7. The second kappa shape index (κ2) is 9.62. The molecular formula is C21H24ClN3O4. The fourth-order valence-corrected chi connectivity index (χ4v) is 3.47. The van der Waals surface area contributed by atoms with Gasteiger partial charge in [-0.1, -0.05) is 23.7 Å². The van der Waals surface area contributed by atoms with Crippen molar-refractivity contribution >= 4 is 23.4 Å². The number of nitrogens with two attached hydrogens (primary N) is 1. The summed E-state index contributed by atoms with van der Waals surface area (Å²) in [5.74, 6) is 0.112. The highest BCUT2D eigenvalue weighted by atomic mass is 35.5. The van der Waals surface area contributed by atoms with Gasteiger partial charge in [0.05, 0.1) is 7.11 Å². The predicted octanol–water partition coefficient (Wildman–Crippen LogP) is 2.17. The van der Waals surface area contributed by atoms with E-state index < -0.39 is 5.91 Å². The second-order valence-electron chi connectivity index (χ2n) is 6.82. The van der Waals surface area contributed by atoms with Gasteiger partial charge in [-0.15, -0.1) is 0 Å². The fourth-order valence-electron chi connectivity index (χ4n) is 3.25. The molecule has 0 unspecified atom stereocenters. The largest absolute Gasteiger partial charge is 0.493 e. The van der Waals surface area contributed by atoms with E-state index in [1.54, 1.807) is 18.2 Å². The molecule has 0 saturated carbocycles. The Bertz CT molecular complexity index is 882. The van der Waals surface area contributed by atoms with Crippen molar-refractivity contribution in [2.75, 3.05) is 39.9 Å². The number of halogens is 1. The maximum atomic E-state index is 12.9. The van der Waals surface area contributed by atoms with Crippen LogP contribution in [0, 0.1) is 0 Å². The molecule has 29 heavy (non-hydrogen) atoms. The highest BCUT2D eigenvalue weighted by Crippen LogP contribution is 2.28. The number of methoxy groups -OCH3 is 1. The Hall–Kier alpha value is -2.77. The van der Waals surface area contributed by atoms with Crippen LogP contribution in [0.15, 0.2) is 42.5 Å². The lowest BCUT2D eigenvalue weighted by atomic mass is 10.1. The first kappa shape index (κ1) is 21.0. The van der Waals surface area contributed by atoms with Crippen LogP contribution in [0.2, 0.25) is 5.02 Å². The number of primary amides is 1. The van der Waals surface area contributed by atoms with Crippen LogP contribution in [0.25, 0.3) is 0 Å². The Kier molecular flexibility index (Phi) is 6.95. The summed E-state index contributed by atoms with van der Waals surface area (Å²) in [6.07, 6.45) is 0. The number of benzene rings is 2. The van der Waals surface area contributed by atoms with Gasteiger partial charge in [0.1, 0.15) is 0 Å². The molecule has 2 amide bonds. The first-order valence-corrected chi connectivity index (χ1v) is 9.69. The molecule has 0 aromatic heterocycles. The molecule has 2 aromatic carbocycles. The number of hydrogen-bond acceptors (Lipinski definition) is 5. The lowest BCUT2D eigenvalue weighted by Gasteiger charge is -2.35. The average molecular weight is 418 g/mol. The first-order chi connectivity index (χ1) is 14.0. The molecule has 2 N–H and O–H groups in total. The van der Waals surface area contributed by atoms with Gasteiger partial charge >= 0.3 is 0 Å². The summed E-state index contributed by atoms with van der Waals surface area (Å²) in [7, 11) is 1.48. The Labute approximate surface area is 174 Å². The Morgan fingerprint density at radius 3 is 2.48 bits per heavy atom. The van der Waals surface area contributed by atoms with Gasteiger partial charge in [0.25, 0.3) is 11.8 Å². The van der Waals surface area contributed by atoms with Crippen LogP contribution in [0.3, 0.4) is 0 Å². The monoisotopic (exact) mass is 417 g/mol. The zero-order chi connectivity index (χ0) is 20.8. The minimum Gasteiger partial charge on any atom is -0.493 e. The molecule has 8 heteroatoms. The lowest BCUT2D eigenvalue weighted by molar-refractivity contribution is -0.119. The van der Waals surface area contributed by atoms with E-state index in [-0.39, 0.29) is 12.5 Å². The maximum absolute atomic E-state index is 12.9. The Morgan fingerprint density at radius 2 is 1.83 bits per heavy atom. The summed E-state index contributed by atoms with van der Waals surface area (Å²) in [5.41, 5.74) is 6.77. The summed E-state index contributed by atoms with van der Waals surface area (Å²) >= 11 is 6.05. The standard InChI is InChI=1S/C21H24ClN3O4/c1-28-19-12-16(5-6-18(19)29-14-20(23)26)21(27)25-9-7-24(8-10-25)13-15-3-2-4-17(22)11-15/h2-6,11-12H,7-10,13-14H2,1H3,(H2,23,26). The number of amides is 2. The van der Waals surface area contributed by atoms with Crippen molar-refractivity contribution in [2.45, 2.75) is 6.54 Å². The van der Waals surface area contributed by atoms with E-state index >= 15 is 0 Å². The van der Waals surface area contributed by atoms with Crippen LogP contribution in [0.5, 0.6) is 11.5 Å². The van der Waals surface area contributed by atoms with Crippen molar-refractivity contribution in [3.8, 4) is 11.5 Å². The molecule has 1 fully saturated rings. The molecule has 0 bridgehead atoms. The number of nitrogens with zero attached hydrogens (tertiary/aromatic N) is 2. The van der Waals surface area contributed by atoms with Crippen LogP contribution in [-0.4, -0.2) is 61.5 Å². The third kappa shape index (κ3) is 5.62. The van der Waals surface area contributed by atoms with E-state index in [1.807, 2.05) is 23.1 Å². The van der Waals surface area contributed by atoms with Crippen LogP contribution < -0.4 is 15.2 Å². The molecule has 0 spiro atoms. The van der Waals surface area contributed by atoms with Crippen LogP contribution in [-0.2, 0) is 11.3 Å². The van der Waals surface area contributed by atoms with E-state index in [0.717, 1.165) is 30.2 Å². The third-order valence-electron chi connectivity index (χ3n) is 4.74. The number of rotatable bonds is 7. The second-order valence-corrected chi connectivity index (χ2v) is 7.26. The lowest BCUT2D eigenvalue weighted by Crippen LogP contribution is -2.48. The van der Waals surface area contributed by atoms with Gasteiger partial charge in [0, 0.05) is 43.3 Å². The molecule has 154 valence electrons. The van der Waals surface area contributed by atoms with Gasteiger partial charge in [0.2, 0.25) is 0 Å². The molecule has 0 radical (unpaired) electrons. The molecule has 1 aliphatic heterocycles. The first-order valence-electron chi connectivity index (χ1n) is 9.31. The van der Waals surface area contributed by atoms with Crippen molar-refractivity contribution < 1.29 is 19.1 Å². The number of hydrogen-bond donors (Lipinski definition) is 1. The summed E-state index contributed by atoms with van der Waals surface area (Å²) in [4.78, 5) is 27.9. The summed E-state index contributed by atoms with van der Waals surface area (Å²) in [6.45, 7) is 3.41. The fraction of sp³-hybridized carbons (Fsp3) is 0.333. The van der Waals surface area contributed by atoms with Gasteiger partial charge in [-0.25, -0.2) is 0 Å². The minimum atomic E-state index is -0.581. The molecule has 1 heterocycles. The van der Waals surface area contributed by atoms with Crippen LogP contribution in [0.1, 0.15) is 15.9 Å². The molecule has 0 aliphatic carbocycles. The molecule has 3 rings (SSSR count). The Morgan fingerprint density at radius 1 is 1.07 bits per heavy atom. The number of carbonyl (C=O) groups excluding carboxylic acids is 2. The quantitative estimate of drug-likeness (QED) is 0.746. The van der Waals surface area contributed by atoms with Gasteiger partial charge in [-0.05, 0) is 35.9 Å². The third-order valence-corrected chi connectivity index (χ3v) is 4.97. The summed E-state index contributed by atoms with van der Waals surface area (Å²) < 4.78 is 10.6. The van der Waals surface area contributed by atoms with Gasteiger partial charge in [0.15, 0.2) is 18.1 Å². The van der Waals surface area contributed by atoms with Crippen molar-refractivity contribution in [3.05, 3.63) is 58.6 Å². The smallest absolute Gasteiger partial charge is 0.255 e. The Balaban J connectivity index is 1.59. The highest BCUT2D eigenvalue weighted by Gasteiger charge is 2.23. The normalized spacial score (nSPS) is 14.5.